The molecule has 1 nitrogen and oxygen atoms in total. The lowest BCUT2D eigenvalue weighted by Crippen LogP contribution is -2.50. The molecule has 2 rings (SSSR count). The molecular formula is C18H27N. The Labute approximate surface area is 117 Å². The fourth-order valence-electron chi connectivity index (χ4n) is 3.31. The van der Waals surface area contributed by atoms with Crippen molar-refractivity contribution in [1.82, 2.24) is 0 Å². The van der Waals surface area contributed by atoms with Crippen LogP contribution in [0, 0.1) is 0 Å². The Morgan fingerprint density at radius 3 is 2.47 bits per heavy atom. The van der Waals surface area contributed by atoms with E-state index in [4.69, 9.17) is 5.73 Å². The normalized spacial score (nSPS) is 18.6. The van der Waals surface area contributed by atoms with Gasteiger partial charge in [0.25, 0.3) is 0 Å². The maximum Gasteiger partial charge on any atom is 0.0136 e. The number of rotatable bonds is 8. The second kappa shape index (κ2) is 6.91. The predicted molar refractivity (Wildman–Crippen MR) is 83.2 cm³/mol. The summed E-state index contributed by atoms with van der Waals surface area (Å²) in [6.07, 6.45) is 12.0. The van der Waals surface area contributed by atoms with E-state index in [2.05, 4.69) is 36.9 Å². The van der Waals surface area contributed by atoms with E-state index in [-0.39, 0.29) is 5.41 Å². The minimum atomic E-state index is 0.277. The van der Waals surface area contributed by atoms with Crippen LogP contribution >= 0.6 is 0 Å². The highest BCUT2D eigenvalue weighted by molar-refractivity contribution is 5.30. The van der Waals surface area contributed by atoms with Crippen molar-refractivity contribution in [3.63, 3.8) is 0 Å². The molecule has 0 aromatic heterocycles. The van der Waals surface area contributed by atoms with Crippen LogP contribution in [0.4, 0.5) is 0 Å². The van der Waals surface area contributed by atoms with Gasteiger partial charge in [0.05, 0.1) is 0 Å². The Balaban J connectivity index is 1.88. The summed E-state index contributed by atoms with van der Waals surface area (Å²) in [5, 5.41) is 0. The maximum atomic E-state index is 6.54. The van der Waals surface area contributed by atoms with Crippen LogP contribution in [-0.4, -0.2) is 6.04 Å². The molecule has 1 heteroatoms. The zero-order chi connectivity index (χ0) is 13.6. The molecule has 1 saturated carbocycles. The Bertz CT molecular complexity index is 378. The highest BCUT2D eigenvalue weighted by Gasteiger charge is 2.43. The SMILES string of the molecule is C=CCCCCCC(N)C1(c2ccccc2)CCC1. The minimum absolute atomic E-state index is 0.277. The highest BCUT2D eigenvalue weighted by atomic mass is 14.7. The van der Waals surface area contributed by atoms with E-state index < -0.39 is 0 Å². The first kappa shape index (κ1) is 14.3. The Morgan fingerprint density at radius 1 is 1.16 bits per heavy atom. The Kier molecular flexibility index (Phi) is 5.21. The molecule has 1 aromatic carbocycles. The molecule has 1 unspecified atom stereocenters. The number of nitrogens with two attached hydrogens (primary N) is 1. The van der Waals surface area contributed by atoms with E-state index in [1.807, 2.05) is 6.08 Å². The van der Waals surface area contributed by atoms with Crippen LogP contribution < -0.4 is 5.73 Å². The lowest BCUT2D eigenvalue weighted by Gasteiger charge is -2.47. The van der Waals surface area contributed by atoms with Gasteiger partial charge in [-0.1, -0.05) is 55.7 Å². The van der Waals surface area contributed by atoms with Crippen molar-refractivity contribution in [2.24, 2.45) is 5.73 Å². The van der Waals surface area contributed by atoms with Crippen molar-refractivity contribution in [2.45, 2.75) is 62.8 Å². The molecule has 2 N–H and O–H groups in total. The smallest absolute Gasteiger partial charge is 0.0136 e. The van der Waals surface area contributed by atoms with Crippen LogP contribution in [0.15, 0.2) is 43.0 Å². The fraction of sp³-hybridized carbons (Fsp3) is 0.556. The molecule has 0 amide bonds. The fourth-order valence-corrected chi connectivity index (χ4v) is 3.31. The van der Waals surface area contributed by atoms with Crippen LogP contribution in [0.25, 0.3) is 0 Å². The van der Waals surface area contributed by atoms with Crippen LogP contribution in [0.3, 0.4) is 0 Å². The summed E-state index contributed by atoms with van der Waals surface area (Å²) in [6.45, 7) is 3.77. The quantitative estimate of drug-likeness (QED) is 0.535. The molecule has 1 fully saturated rings. The summed E-state index contributed by atoms with van der Waals surface area (Å²) in [6, 6.07) is 11.2. The van der Waals surface area contributed by atoms with Crippen LogP contribution in [0.5, 0.6) is 0 Å². The molecule has 0 spiro atoms. The van der Waals surface area contributed by atoms with Gasteiger partial charge in [-0.3, -0.25) is 0 Å². The Morgan fingerprint density at radius 2 is 1.89 bits per heavy atom. The molecule has 0 bridgehead atoms. The molecule has 1 aromatic rings. The third-order valence-corrected chi connectivity index (χ3v) is 4.73. The number of hydrogen-bond acceptors (Lipinski definition) is 1. The van der Waals surface area contributed by atoms with Crippen molar-refractivity contribution < 1.29 is 0 Å². The molecule has 19 heavy (non-hydrogen) atoms. The van der Waals surface area contributed by atoms with Crippen molar-refractivity contribution in [1.29, 1.82) is 0 Å². The monoisotopic (exact) mass is 257 g/mol. The van der Waals surface area contributed by atoms with Gasteiger partial charge < -0.3 is 5.73 Å². The van der Waals surface area contributed by atoms with Crippen molar-refractivity contribution in [2.75, 3.05) is 0 Å². The van der Waals surface area contributed by atoms with Crippen molar-refractivity contribution in [3.8, 4) is 0 Å². The van der Waals surface area contributed by atoms with E-state index in [0.29, 0.717) is 6.04 Å². The molecular weight excluding hydrogens is 230 g/mol. The average Bonchev–Trinajstić information content (AvgIpc) is 2.38. The lowest BCUT2D eigenvalue weighted by atomic mass is 9.59. The van der Waals surface area contributed by atoms with E-state index >= 15 is 0 Å². The van der Waals surface area contributed by atoms with E-state index in [1.54, 1.807) is 0 Å². The van der Waals surface area contributed by atoms with Gasteiger partial charge in [-0.2, -0.15) is 0 Å². The first-order valence-corrected chi connectivity index (χ1v) is 7.71. The van der Waals surface area contributed by atoms with Crippen LogP contribution in [0.2, 0.25) is 0 Å². The Hall–Kier alpha value is -1.08. The van der Waals surface area contributed by atoms with Crippen molar-refractivity contribution in [3.05, 3.63) is 48.6 Å². The molecule has 104 valence electrons. The van der Waals surface area contributed by atoms with Crippen LogP contribution in [0.1, 0.15) is 56.9 Å². The summed E-state index contributed by atoms with van der Waals surface area (Å²) in [7, 11) is 0. The van der Waals surface area contributed by atoms with Crippen LogP contribution in [-0.2, 0) is 5.41 Å². The zero-order valence-electron chi connectivity index (χ0n) is 12.0. The van der Waals surface area contributed by atoms with Gasteiger partial charge in [0, 0.05) is 11.5 Å². The van der Waals surface area contributed by atoms with E-state index in [9.17, 15) is 0 Å². The minimum Gasteiger partial charge on any atom is -0.327 e. The zero-order valence-corrected chi connectivity index (χ0v) is 12.0. The number of unbranched alkanes of at least 4 members (excludes halogenated alkanes) is 3. The molecule has 0 radical (unpaired) electrons. The summed E-state index contributed by atoms with van der Waals surface area (Å²) >= 11 is 0. The van der Waals surface area contributed by atoms with Crippen molar-refractivity contribution >= 4 is 0 Å². The van der Waals surface area contributed by atoms with Gasteiger partial charge in [-0.05, 0) is 37.7 Å². The largest absolute Gasteiger partial charge is 0.327 e. The summed E-state index contributed by atoms with van der Waals surface area (Å²) in [4.78, 5) is 0. The first-order chi connectivity index (χ1) is 9.29. The van der Waals surface area contributed by atoms with Gasteiger partial charge in [0.15, 0.2) is 0 Å². The number of benzene rings is 1. The first-order valence-electron chi connectivity index (χ1n) is 7.71. The lowest BCUT2D eigenvalue weighted by molar-refractivity contribution is 0.186. The van der Waals surface area contributed by atoms with Gasteiger partial charge in [0.2, 0.25) is 0 Å². The summed E-state index contributed by atoms with van der Waals surface area (Å²) in [5.41, 5.74) is 8.28. The summed E-state index contributed by atoms with van der Waals surface area (Å²) < 4.78 is 0. The third-order valence-electron chi connectivity index (χ3n) is 4.73. The van der Waals surface area contributed by atoms with E-state index in [1.165, 1.54) is 44.1 Å². The van der Waals surface area contributed by atoms with Gasteiger partial charge in [-0.15, -0.1) is 6.58 Å². The van der Waals surface area contributed by atoms with Gasteiger partial charge in [0.1, 0.15) is 0 Å². The summed E-state index contributed by atoms with van der Waals surface area (Å²) in [5.74, 6) is 0. The second-order valence-electron chi connectivity index (χ2n) is 5.91. The standard InChI is InChI=1S/C18H27N/c1-2-3-4-5-9-13-17(19)18(14-10-15-18)16-11-7-6-8-12-16/h2,6-8,11-12,17H,1,3-5,9-10,13-15,19H2. The molecule has 1 atom stereocenters. The predicted octanol–water partition coefficient (Wildman–Crippen LogP) is 4.57. The van der Waals surface area contributed by atoms with Gasteiger partial charge in [-0.25, -0.2) is 0 Å². The molecule has 1 aliphatic carbocycles. The topological polar surface area (TPSA) is 26.0 Å². The molecule has 1 aliphatic rings. The third kappa shape index (κ3) is 3.27. The highest BCUT2D eigenvalue weighted by Crippen LogP contribution is 2.46. The van der Waals surface area contributed by atoms with E-state index in [0.717, 1.165) is 12.8 Å². The second-order valence-corrected chi connectivity index (χ2v) is 5.91. The average molecular weight is 257 g/mol. The maximum absolute atomic E-state index is 6.54. The number of hydrogen-bond donors (Lipinski definition) is 1. The van der Waals surface area contributed by atoms with Gasteiger partial charge >= 0.3 is 0 Å². The molecule has 0 aliphatic heterocycles. The molecule has 0 heterocycles. The molecule has 0 saturated heterocycles. The number of allylic oxidation sites excluding steroid dienone is 1.